The second-order valence-corrected chi connectivity index (χ2v) is 3.30. The lowest BCUT2D eigenvalue weighted by Gasteiger charge is -2.06. The second-order valence-electron chi connectivity index (χ2n) is 3.30. The number of carboxylic acids is 1. The summed E-state index contributed by atoms with van der Waals surface area (Å²) in [7, 11) is 0. The molecular formula is C14H14O3. The van der Waals surface area contributed by atoms with E-state index >= 15 is 0 Å². The molecule has 0 saturated carbocycles. The van der Waals surface area contributed by atoms with Gasteiger partial charge in [-0.2, -0.15) is 0 Å². The molecule has 3 nitrogen and oxygen atoms in total. The predicted octanol–water partition coefficient (Wildman–Crippen LogP) is 3.16. The Morgan fingerprint density at radius 1 is 1.41 bits per heavy atom. The van der Waals surface area contributed by atoms with Crippen LogP contribution in [0.1, 0.15) is 15.9 Å². The number of hydrogen-bond acceptors (Lipinski definition) is 2. The summed E-state index contributed by atoms with van der Waals surface area (Å²) in [4.78, 5) is 10.8. The predicted molar refractivity (Wildman–Crippen MR) is 66.7 cm³/mol. The highest BCUT2D eigenvalue weighted by Crippen LogP contribution is 2.09. The van der Waals surface area contributed by atoms with Gasteiger partial charge in [-0.25, -0.2) is 4.79 Å². The highest BCUT2D eigenvalue weighted by atomic mass is 16.5. The molecule has 88 valence electrons. The summed E-state index contributed by atoms with van der Waals surface area (Å²) in [6.45, 7) is 7.46. The van der Waals surface area contributed by atoms with Crippen molar-refractivity contribution in [2.24, 2.45) is 0 Å². The van der Waals surface area contributed by atoms with Gasteiger partial charge in [0.2, 0.25) is 0 Å². The van der Waals surface area contributed by atoms with Crippen LogP contribution >= 0.6 is 0 Å². The Labute approximate surface area is 100 Å². The maximum absolute atomic E-state index is 10.8. The number of aromatic carboxylic acids is 1. The standard InChI is InChI=1S/C14H14O3/c1-3-6-13(4-2)17-10-11-7-5-8-12(9-11)14(15)16/h3-9H,1-2,10H2,(H,15,16)/b13-6+. The van der Waals surface area contributed by atoms with Gasteiger partial charge in [-0.3, -0.25) is 0 Å². The quantitative estimate of drug-likeness (QED) is 0.603. The fraction of sp³-hybridized carbons (Fsp3) is 0.0714. The molecule has 1 N–H and O–H groups in total. The Hall–Kier alpha value is -2.29. The lowest BCUT2D eigenvalue weighted by atomic mass is 10.1. The van der Waals surface area contributed by atoms with Crippen molar-refractivity contribution in [2.75, 3.05) is 0 Å². The molecule has 0 aromatic heterocycles. The fourth-order valence-electron chi connectivity index (χ4n) is 1.25. The van der Waals surface area contributed by atoms with Gasteiger partial charge < -0.3 is 9.84 Å². The average molecular weight is 230 g/mol. The van der Waals surface area contributed by atoms with Crippen LogP contribution in [0.2, 0.25) is 0 Å². The number of benzene rings is 1. The van der Waals surface area contributed by atoms with E-state index in [9.17, 15) is 4.79 Å². The maximum Gasteiger partial charge on any atom is 0.335 e. The van der Waals surface area contributed by atoms with Crippen molar-refractivity contribution < 1.29 is 14.6 Å². The van der Waals surface area contributed by atoms with E-state index in [1.165, 1.54) is 0 Å². The van der Waals surface area contributed by atoms with E-state index in [4.69, 9.17) is 9.84 Å². The van der Waals surface area contributed by atoms with Crippen LogP contribution < -0.4 is 0 Å². The maximum atomic E-state index is 10.8. The number of hydrogen-bond donors (Lipinski definition) is 1. The molecular weight excluding hydrogens is 216 g/mol. The third-order valence-electron chi connectivity index (χ3n) is 2.06. The van der Waals surface area contributed by atoms with E-state index in [1.807, 2.05) is 0 Å². The lowest BCUT2D eigenvalue weighted by molar-refractivity contribution is 0.0696. The Morgan fingerprint density at radius 3 is 2.76 bits per heavy atom. The summed E-state index contributed by atoms with van der Waals surface area (Å²) >= 11 is 0. The molecule has 0 unspecified atom stereocenters. The van der Waals surface area contributed by atoms with Crippen LogP contribution in [0, 0.1) is 0 Å². The van der Waals surface area contributed by atoms with Crippen LogP contribution in [0.25, 0.3) is 0 Å². The van der Waals surface area contributed by atoms with Crippen molar-refractivity contribution in [3.05, 3.63) is 72.5 Å². The minimum Gasteiger partial charge on any atom is -0.489 e. The van der Waals surface area contributed by atoms with Crippen molar-refractivity contribution in [1.82, 2.24) is 0 Å². The van der Waals surface area contributed by atoms with Gasteiger partial charge >= 0.3 is 5.97 Å². The molecule has 0 fully saturated rings. The fourth-order valence-corrected chi connectivity index (χ4v) is 1.25. The summed E-state index contributed by atoms with van der Waals surface area (Å²) in [6, 6.07) is 6.62. The highest BCUT2D eigenvalue weighted by molar-refractivity contribution is 5.87. The molecule has 0 aliphatic rings. The average Bonchev–Trinajstić information content (AvgIpc) is 2.34. The first-order chi connectivity index (χ1) is 8.17. The van der Waals surface area contributed by atoms with E-state index < -0.39 is 5.97 Å². The number of rotatable bonds is 6. The monoisotopic (exact) mass is 230 g/mol. The van der Waals surface area contributed by atoms with Crippen molar-refractivity contribution in [3.8, 4) is 0 Å². The third-order valence-corrected chi connectivity index (χ3v) is 2.06. The van der Waals surface area contributed by atoms with Gasteiger partial charge in [0.05, 0.1) is 5.56 Å². The Kier molecular flexibility index (Phi) is 4.76. The minimum atomic E-state index is -0.947. The van der Waals surface area contributed by atoms with E-state index in [2.05, 4.69) is 13.2 Å². The van der Waals surface area contributed by atoms with Gasteiger partial charge in [-0.1, -0.05) is 31.4 Å². The van der Waals surface area contributed by atoms with Crippen molar-refractivity contribution in [1.29, 1.82) is 0 Å². The van der Waals surface area contributed by atoms with E-state index in [0.717, 1.165) is 5.56 Å². The zero-order valence-corrected chi connectivity index (χ0v) is 9.43. The van der Waals surface area contributed by atoms with Gasteiger partial charge in [0.1, 0.15) is 12.4 Å². The van der Waals surface area contributed by atoms with Gasteiger partial charge in [0.15, 0.2) is 0 Å². The molecule has 0 spiro atoms. The van der Waals surface area contributed by atoms with Gasteiger partial charge in [-0.15, -0.1) is 0 Å². The summed E-state index contributed by atoms with van der Waals surface area (Å²) in [6.07, 6.45) is 4.86. The SMILES string of the molecule is C=C/C=C(\C=C)OCc1cccc(C(=O)O)c1. The topological polar surface area (TPSA) is 46.5 Å². The molecule has 17 heavy (non-hydrogen) atoms. The zero-order chi connectivity index (χ0) is 12.7. The van der Waals surface area contributed by atoms with E-state index in [-0.39, 0.29) is 5.56 Å². The van der Waals surface area contributed by atoms with Gasteiger partial charge in [0.25, 0.3) is 0 Å². The molecule has 0 bridgehead atoms. The molecule has 1 aromatic rings. The lowest BCUT2D eigenvalue weighted by Crippen LogP contribution is -1.98. The molecule has 0 amide bonds. The number of ether oxygens (including phenoxy) is 1. The molecule has 0 radical (unpaired) electrons. The minimum absolute atomic E-state index is 0.249. The van der Waals surface area contributed by atoms with Crippen molar-refractivity contribution in [2.45, 2.75) is 6.61 Å². The van der Waals surface area contributed by atoms with Crippen LogP contribution in [0.3, 0.4) is 0 Å². The van der Waals surface area contributed by atoms with Crippen molar-refractivity contribution in [3.63, 3.8) is 0 Å². The van der Waals surface area contributed by atoms with E-state index in [1.54, 1.807) is 42.5 Å². The van der Waals surface area contributed by atoms with Gasteiger partial charge in [-0.05, 0) is 29.8 Å². The van der Waals surface area contributed by atoms with Crippen LogP contribution in [-0.4, -0.2) is 11.1 Å². The Morgan fingerprint density at radius 2 is 2.18 bits per heavy atom. The molecule has 0 aliphatic carbocycles. The number of carbonyl (C=O) groups is 1. The molecule has 0 heterocycles. The first kappa shape index (κ1) is 12.8. The first-order valence-corrected chi connectivity index (χ1v) is 5.07. The Balaban J connectivity index is 2.72. The normalized spacial score (nSPS) is 10.7. The third kappa shape index (κ3) is 3.99. The first-order valence-electron chi connectivity index (χ1n) is 5.07. The van der Waals surface area contributed by atoms with Crippen molar-refractivity contribution >= 4 is 5.97 Å². The second kappa shape index (κ2) is 6.33. The molecule has 0 saturated heterocycles. The van der Waals surface area contributed by atoms with Crippen LogP contribution in [0.5, 0.6) is 0 Å². The van der Waals surface area contributed by atoms with E-state index in [0.29, 0.717) is 12.4 Å². The highest BCUT2D eigenvalue weighted by Gasteiger charge is 2.03. The number of allylic oxidation sites excluding steroid dienone is 3. The van der Waals surface area contributed by atoms with Crippen LogP contribution in [0.15, 0.2) is 61.4 Å². The Bertz CT molecular complexity index is 458. The largest absolute Gasteiger partial charge is 0.489 e. The number of carboxylic acid groups (broad SMARTS) is 1. The smallest absolute Gasteiger partial charge is 0.335 e. The summed E-state index contributed by atoms with van der Waals surface area (Å²) in [5.41, 5.74) is 1.04. The molecule has 1 aromatic carbocycles. The van der Waals surface area contributed by atoms with Crippen LogP contribution in [-0.2, 0) is 11.3 Å². The van der Waals surface area contributed by atoms with Crippen LogP contribution in [0.4, 0.5) is 0 Å². The summed E-state index contributed by atoms with van der Waals surface area (Å²) in [5, 5.41) is 8.84. The van der Waals surface area contributed by atoms with Gasteiger partial charge in [0, 0.05) is 0 Å². The molecule has 0 atom stereocenters. The molecule has 0 aliphatic heterocycles. The summed E-state index contributed by atoms with van der Waals surface area (Å²) in [5.74, 6) is -0.349. The molecule has 3 heteroatoms. The summed E-state index contributed by atoms with van der Waals surface area (Å²) < 4.78 is 5.43. The molecule has 1 rings (SSSR count). The zero-order valence-electron chi connectivity index (χ0n) is 9.43.